The monoisotopic (exact) mass is 394 g/mol. The highest BCUT2D eigenvalue weighted by molar-refractivity contribution is 5.99. The van der Waals surface area contributed by atoms with E-state index in [4.69, 9.17) is 9.47 Å². The molecule has 10 heteroatoms. The van der Waals surface area contributed by atoms with Gasteiger partial charge in [0.1, 0.15) is 19.0 Å². The molecule has 2 rings (SSSR count). The van der Waals surface area contributed by atoms with Crippen molar-refractivity contribution in [2.75, 3.05) is 20.3 Å². The van der Waals surface area contributed by atoms with Gasteiger partial charge < -0.3 is 19.6 Å². The maximum absolute atomic E-state index is 14.5. The number of allylic oxidation sites excluding steroid dienone is 2. The van der Waals surface area contributed by atoms with Crippen LogP contribution in [0.25, 0.3) is 0 Å². The number of methoxy groups -OCH3 is 1. The zero-order chi connectivity index (χ0) is 20.8. The normalized spacial score (nSPS) is 16.4. The van der Waals surface area contributed by atoms with Crippen molar-refractivity contribution in [2.45, 2.75) is 19.8 Å². The summed E-state index contributed by atoms with van der Waals surface area (Å²) in [5, 5.41) is 12.1. The van der Waals surface area contributed by atoms with Gasteiger partial charge in [-0.3, -0.25) is 0 Å². The minimum Gasteiger partial charge on any atom is -0.466 e. The molecule has 0 aromatic heterocycles. The maximum atomic E-state index is 14.5. The fourth-order valence-corrected chi connectivity index (χ4v) is 2.99. The van der Waals surface area contributed by atoms with Crippen LogP contribution in [0.5, 0.6) is 0 Å². The molecular weight excluding hydrogens is 375 g/mol. The lowest BCUT2D eigenvalue weighted by atomic mass is 9.80. The fourth-order valence-electron chi connectivity index (χ4n) is 2.99. The average molecular weight is 394 g/mol. The predicted octanol–water partition coefficient (Wildman–Crippen LogP) is 1.98. The smallest absolute Gasteiger partial charge is 0.336 e. The Morgan fingerprint density at radius 3 is 2.32 bits per heavy atom. The van der Waals surface area contributed by atoms with E-state index in [1.54, 1.807) is 19.9 Å². The number of nitrogens with zero attached hydrogens (tertiary/aromatic N) is 1. The second kappa shape index (κ2) is 8.98. The third-order valence-corrected chi connectivity index (χ3v) is 4.11. The minimum atomic E-state index is -1.07. The van der Waals surface area contributed by atoms with Gasteiger partial charge in [0.15, 0.2) is 0 Å². The van der Waals surface area contributed by atoms with Crippen LogP contribution in [0, 0.1) is 15.9 Å². The van der Waals surface area contributed by atoms with Crippen LogP contribution in [0.4, 0.5) is 4.39 Å². The molecule has 0 saturated heterocycles. The summed E-state index contributed by atoms with van der Waals surface area (Å²) < 4.78 is 24.4. The molecule has 1 aromatic rings. The first-order chi connectivity index (χ1) is 13.3. The van der Waals surface area contributed by atoms with E-state index < -0.39 is 42.0 Å². The van der Waals surface area contributed by atoms with E-state index in [-0.39, 0.29) is 16.7 Å². The molecule has 1 aliphatic heterocycles. The number of halogens is 1. The van der Waals surface area contributed by atoms with Crippen LogP contribution in [0.1, 0.15) is 25.3 Å². The molecule has 1 atom stereocenters. The van der Waals surface area contributed by atoms with Crippen LogP contribution in [0.15, 0.2) is 46.8 Å². The van der Waals surface area contributed by atoms with Crippen LogP contribution in [0.2, 0.25) is 0 Å². The van der Waals surface area contributed by atoms with Crippen molar-refractivity contribution in [1.29, 1.82) is 0 Å². The Balaban J connectivity index is 2.44. The van der Waals surface area contributed by atoms with Crippen LogP contribution in [0.3, 0.4) is 0 Å². The molecule has 1 aliphatic rings. The summed E-state index contributed by atoms with van der Waals surface area (Å²) in [7, 11) is 1.18. The van der Waals surface area contributed by atoms with E-state index in [1.165, 1.54) is 25.3 Å². The maximum Gasteiger partial charge on any atom is 0.336 e. The van der Waals surface area contributed by atoms with E-state index in [1.807, 2.05) is 0 Å². The molecule has 0 radical (unpaired) electrons. The van der Waals surface area contributed by atoms with Gasteiger partial charge in [0, 0.05) is 17.0 Å². The summed E-state index contributed by atoms with van der Waals surface area (Å²) in [5.74, 6) is -3.27. The number of benzene rings is 1. The van der Waals surface area contributed by atoms with E-state index in [9.17, 15) is 24.1 Å². The SMILES string of the molecule is COC(=O)C1=C(C)NC(C)=C(C(=O)OCCO[N+](=O)[O-])C1c1ccccc1F. The fraction of sp³-hybridized carbons (Fsp3) is 0.333. The van der Waals surface area contributed by atoms with Crippen molar-refractivity contribution in [2.24, 2.45) is 0 Å². The highest BCUT2D eigenvalue weighted by Gasteiger charge is 2.38. The van der Waals surface area contributed by atoms with Crippen molar-refractivity contribution in [1.82, 2.24) is 5.32 Å². The molecule has 0 bridgehead atoms. The number of nitrogens with one attached hydrogen (secondary N) is 1. The predicted molar refractivity (Wildman–Crippen MR) is 93.6 cm³/mol. The highest BCUT2D eigenvalue weighted by atomic mass is 19.1. The van der Waals surface area contributed by atoms with Gasteiger partial charge in [0.25, 0.3) is 5.09 Å². The number of dihydropyridines is 1. The first-order valence-electron chi connectivity index (χ1n) is 8.23. The van der Waals surface area contributed by atoms with Gasteiger partial charge in [0.05, 0.1) is 24.2 Å². The minimum absolute atomic E-state index is 0.00259. The van der Waals surface area contributed by atoms with E-state index in [2.05, 4.69) is 10.2 Å². The Morgan fingerprint density at radius 1 is 1.14 bits per heavy atom. The molecule has 0 spiro atoms. The lowest BCUT2D eigenvalue weighted by Crippen LogP contribution is -2.33. The molecule has 0 fully saturated rings. The molecular formula is C18H19FN2O7. The lowest BCUT2D eigenvalue weighted by molar-refractivity contribution is -0.757. The van der Waals surface area contributed by atoms with Gasteiger partial charge in [-0.15, -0.1) is 10.1 Å². The number of carbonyl (C=O) groups is 2. The van der Waals surface area contributed by atoms with Gasteiger partial charge in [-0.1, -0.05) is 18.2 Å². The Hall–Kier alpha value is -3.43. The number of esters is 2. The Kier molecular flexibility index (Phi) is 6.69. The first-order valence-corrected chi connectivity index (χ1v) is 8.23. The second-order valence-corrected chi connectivity index (χ2v) is 5.84. The molecule has 1 N–H and O–H groups in total. The van der Waals surface area contributed by atoms with Crippen LogP contribution >= 0.6 is 0 Å². The summed E-state index contributed by atoms with van der Waals surface area (Å²) >= 11 is 0. The summed E-state index contributed by atoms with van der Waals surface area (Å²) in [6.07, 6.45) is 0. The summed E-state index contributed by atoms with van der Waals surface area (Å²) in [4.78, 5) is 39.3. The molecule has 1 heterocycles. The molecule has 0 saturated carbocycles. The van der Waals surface area contributed by atoms with E-state index in [0.29, 0.717) is 11.4 Å². The molecule has 150 valence electrons. The lowest BCUT2D eigenvalue weighted by Gasteiger charge is -2.30. The zero-order valence-corrected chi connectivity index (χ0v) is 15.5. The molecule has 1 unspecified atom stereocenters. The standard InChI is InChI=1S/C18H19FN2O7/c1-10-14(17(22)26-3)16(12-6-4-5-7-13(12)19)15(11(2)20-10)18(23)27-8-9-28-21(24)25/h4-7,16,20H,8-9H2,1-3H3. The molecule has 9 nitrogen and oxygen atoms in total. The molecule has 0 aliphatic carbocycles. The Bertz CT molecular complexity index is 863. The van der Waals surface area contributed by atoms with E-state index in [0.717, 1.165) is 0 Å². The average Bonchev–Trinajstić information content (AvgIpc) is 2.64. The first kappa shape index (κ1) is 20.9. The quantitative estimate of drug-likeness (QED) is 0.323. The van der Waals surface area contributed by atoms with Gasteiger partial charge >= 0.3 is 11.9 Å². The Labute approximate surface area is 159 Å². The third-order valence-electron chi connectivity index (χ3n) is 4.11. The number of ether oxygens (including phenoxy) is 2. The molecule has 1 aromatic carbocycles. The van der Waals surface area contributed by atoms with Crippen LogP contribution < -0.4 is 5.32 Å². The number of hydrogen-bond donors (Lipinski definition) is 1. The van der Waals surface area contributed by atoms with Gasteiger partial charge in [-0.2, -0.15) is 0 Å². The van der Waals surface area contributed by atoms with Crippen LogP contribution in [-0.4, -0.2) is 37.3 Å². The second-order valence-electron chi connectivity index (χ2n) is 5.84. The number of rotatable bonds is 7. The number of hydrogen-bond acceptors (Lipinski definition) is 8. The van der Waals surface area contributed by atoms with E-state index >= 15 is 0 Å². The topological polar surface area (TPSA) is 117 Å². The number of carbonyl (C=O) groups excluding carboxylic acids is 2. The van der Waals surface area contributed by atoms with Crippen molar-refractivity contribution in [3.8, 4) is 0 Å². The summed E-state index contributed by atoms with van der Waals surface area (Å²) in [6, 6.07) is 5.73. The van der Waals surface area contributed by atoms with Crippen molar-refractivity contribution in [3.63, 3.8) is 0 Å². The van der Waals surface area contributed by atoms with Crippen LogP contribution in [-0.2, 0) is 23.9 Å². The van der Waals surface area contributed by atoms with Gasteiger partial charge in [-0.05, 0) is 19.9 Å². The Morgan fingerprint density at radius 2 is 1.75 bits per heavy atom. The summed E-state index contributed by atoms with van der Waals surface area (Å²) in [6.45, 7) is 2.34. The van der Waals surface area contributed by atoms with Crippen molar-refractivity contribution in [3.05, 3.63) is 68.3 Å². The third kappa shape index (κ3) is 4.45. The highest BCUT2D eigenvalue weighted by Crippen LogP contribution is 2.40. The largest absolute Gasteiger partial charge is 0.466 e. The van der Waals surface area contributed by atoms with Crippen molar-refractivity contribution >= 4 is 11.9 Å². The van der Waals surface area contributed by atoms with Gasteiger partial charge in [-0.25, -0.2) is 14.0 Å². The van der Waals surface area contributed by atoms with Crippen molar-refractivity contribution < 1.29 is 33.4 Å². The molecule has 28 heavy (non-hydrogen) atoms. The zero-order valence-electron chi connectivity index (χ0n) is 15.5. The molecule has 0 amide bonds. The van der Waals surface area contributed by atoms with Gasteiger partial charge in [0.2, 0.25) is 0 Å². The summed E-state index contributed by atoms with van der Waals surface area (Å²) in [5.41, 5.74) is 0.921.